The third-order valence-electron chi connectivity index (χ3n) is 3.31. The van der Waals surface area contributed by atoms with Crippen molar-refractivity contribution in [2.24, 2.45) is 11.8 Å². The van der Waals surface area contributed by atoms with Crippen molar-refractivity contribution >= 4 is 17.9 Å². The molecule has 1 aliphatic heterocycles. The van der Waals surface area contributed by atoms with E-state index in [1.54, 1.807) is 0 Å². The van der Waals surface area contributed by atoms with Crippen molar-refractivity contribution in [2.45, 2.75) is 38.4 Å². The van der Waals surface area contributed by atoms with Gasteiger partial charge in [0.05, 0.1) is 6.08 Å². The lowest BCUT2D eigenvalue weighted by Crippen LogP contribution is -2.49. The normalized spacial score (nSPS) is 33.8. The fourth-order valence-electron chi connectivity index (χ4n) is 2.49. The van der Waals surface area contributed by atoms with E-state index < -0.39 is 23.6 Å². The van der Waals surface area contributed by atoms with Gasteiger partial charge in [-0.15, -0.1) is 0 Å². The minimum absolute atomic E-state index is 0.0137. The third-order valence-corrected chi connectivity index (χ3v) is 3.31. The topological polar surface area (TPSA) is 69.7 Å². The molecule has 17 heavy (non-hydrogen) atoms. The van der Waals surface area contributed by atoms with Gasteiger partial charge >= 0.3 is 11.9 Å². The third kappa shape index (κ3) is 2.24. The summed E-state index contributed by atoms with van der Waals surface area (Å²) < 4.78 is 10.0. The van der Waals surface area contributed by atoms with Crippen LogP contribution in [0.3, 0.4) is 0 Å². The first-order chi connectivity index (χ1) is 8.06. The first-order valence-corrected chi connectivity index (χ1v) is 5.73. The summed E-state index contributed by atoms with van der Waals surface area (Å²) in [5.41, 5.74) is 0. The standard InChI is InChI=1S/C12H14O5/c1-12(6-7-13)16-10(14)9(11(15)17-12)8-4-2-3-5-8/h6,8-9H,2-5H2,1H3. The van der Waals surface area contributed by atoms with Crippen LogP contribution in [0.5, 0.6) is 0 Å². The molecule has 1 saturated carbocycles. The Morgan fingerprint density at radius 3 is 2.24 bits per heavy atom. The van der Waals surface area contributed by atoms with E-state index >= 15 is 0 Å². The molecule has 0 bridgehead atoms. The molecule has 0 atom stereocenters. The van der Waals surface area contributed by atoms with Crippen LogP contribution in [0, 0.1) is 11.8 Å². The second-order valence-electron chi connectivity index (χ2n) is 4.64. The SMILES string of the molecule is CC1(C=C=O)OC(=O)C(C2CCCC2)C(=O)O1. The smallest absolute Gasteiger partial charge is 0.324 e. The highest BCUT2D eigenvalue weighted by atomic mass is 16.7. The van der Waals surface area contributed by atoms with Gasteiger partial charge < -0.3 is 9.47 Å². The van der Waals surface area contributed by atoms with Crippen molar-refractivity contribution in [3.63, 3.8) is 0 Å². The number of cyclic esters (lactones) is 2. The Morgan fingerprint density at radius 2 is 1.76 bits per heavy atom. The van der Waals surface area contributed by atoms with Gasteiger partial charge in [-0.3, -0.25) is 9.59 Å². The average molecular weight is 238 g/mol. The quantitative estimate of drug-likeness (QED) is 0.407. The van der Waals surface area contributed by atoms with Crippen LogP contribution in [0.2, 0.25) is 0 Å². The first kappa shape index (κ1) is 11.9. The zero-order valence-electron chi connectivity index (χ0n) is 9.60. The van der Waals surface area contributed by atoms with E-state index in [2.05, 4.69) is 0 Å². The number of ether oxygens (including phenoxy) is 2. The molecule has 0 unspecified atom stereocenters. The lowest BCUT2D eigenvalue weighted by Gasteiger charge is -2.34. The summed E-state index contributed by atoms with van der Waals surface area (Å²) in [4.78, 5) is 33.9. The van der Waals surface area contributed by atoms with Gasteiger partial charge in [-0.05, 0) is 18.8 Å². The van der Waals surface area contributed by atoms with Gasteiger partial charge in [-0.2, -0.15) is 0 Å². The maximum atomic E-state index is 11.8. The van der Waals surface area contributed by atoms with E-state index in [0.29, 0.717) is 0 Å². The first-order valence-electron chi connectivity index (χ1n) is 5.73. The number of rotatable bonds is 2. The van der Waals surface area contributed by atoms with Crippen LogP contribution >= 0.6 is 0 Å². The molecule has 0 radical (unpaired) electrons. The van der Waals surface area contributed by atoms with Crippen LogP contribution in [-0.4, -0.2) is 23.7 Å². The number of carbonyl (C=O) groups excluding carboxylic acids is 3. The van der Waals surface area contributed by atoms with Crippen molar-refractivity contribution in [3.8, 4) is 0 Å². The van der Waals surface area contributed by atoms with E-state index in [-0.39, 0.29) is 5.92 Å². The van der Waals surface area contributed by atoms with Crippen LogP contribution in [0.15, 0.2) is 6.08 Å². The molecule has 5 heteroatoms. The van der Waals surface area contributed by atoms with E-state index in [1.165, 1.54) is 12.9 Å². The largest absolute Gasteiger partial charge is 0.417 e. The summed E-state index contributed by atoms with van der Waals surface area (Å²) in [6, 6.07) is 0. The van der Waals surface area contributed by atoms with Gasteiger partial charge in [0.15, 0.2) is 5.92 Å². The molecule has 0 amide bonds. The van der Waals surface area contributed by atoms with E-state index in [4.69, 9.17) is 9.47 Å². The molecule has 0 N–H and O–H groups in total. The molecule has 2 aliphatic rings. The highest BCUT2D eigenvalue weighted by molar-refractivity contribution is 5.97. The van der Waals surface area contributed by atoms with Crippen molar-refractivity contribution in [2.75, 3.05) is 0 Å². The minimum Gasteiger partial charge on any atom is -0.417 e. The summed E-state index contributed by atoms with van der Waals surface area (Å²) in [6.45, 7) is 1.35. The van der Waals surface area contributed by atoms with E-state index in [9.17, 15) is 14.4 Å². The lowest BCUT2D eigenvalue weighted by atomic mass is 9.90. The number of hydrogen-bond donors (Lipinski definition) is 0. The van der Waals surface area contributed by atoms with Gasteiger partial charge in [-0.25, -0.2) is 4.79 Å². The van der Waals surface area contributed by atoms with Gasteiger partial charge in [0.2, 0.25) is 0 Å². The zero-order chi connectivity index (χ0) is 12.5. The van der Waals surface area contributed by atoms with Crippen LogP contribution in [-0.2, 0) is 23.9 Å². The van der Waals surface area contributed by atoms with Gasteiger partial charge in [0.25, 0.3) is 5.79 Å². The molecular weight excluding hydrogens is 224 g/mol. The summed E-state index contributed by atoms with van der Waals surface area (Å²) in [5.74, 6) is -2.12. The highest BCUT2D eigenvalue weighted by Crippen LogP contribution is 2.37. The Hall–Kier alpha value is -1.61. The summed E-state index contributed by atoms with van der Waals surface area (Å²) in [6.07, 6.45) is 4.62. The molecule has 2 rings (SSSR count). The Bertz CT molecular complexity index is 370. The van der Waals surface area contributed by atoms with Crippen molar-refractivity contribution in [3.05, 3.63) is 6.08 Å². The van der Waals surface area contributed by atoms with Crippen LogP contribution < -0.4 is 0 Å². The Labute approximate surface area is 98.8 Å². The fourth-order valence-corrected chi connectivity index (χ4v) is 2.49. The number of hydrogen-bond acceptors (Lipinski definition) is 5. The van der Waals surface area contributed by atoms with Crippen molar-refractivity contribution in [1.82, 2.24) is 0 Å². The van der Waals surface area contributed by atoms with Gasteiger partial charge in [0, 0.05) is 6.92 Å². The zero-order valence-corrected chi connectivity index (χ0v) is 9.60. The monoisotopic (exact) mass is 238 g/mol. The van der Waals surface area contributed by atoms with Crippen molar-refractivity contribution in [1.29, 1.82) is 0 Å². The molecule has 1 heterocycles. The number of carbonyl (C=O) groups is 2. The molecule has 0 aromatic heterocycles. The molecule has 92 valence electrons. The second kappa shape index (κ2) is 4.34. The van der Waals surface area contributed by atoms with Crippen LogP contribution in [0.4, 0.5) is 0 Å². The Balaban J connectivity index is 2.16. The highest BCUT2D eigenvalue weighted by Gasteiger charge is 2.48. The van der Waals surface area contributed by atoms with E-state index in [1.807, 2.05) is 0 Å². The maximum absolute atomic E-state index is 11.8. The van der Waals surface area contributed by atoms with Gasteiger partial charge in [0.1, 0.15) is 5.94 Å². The Kier molecular flexibility index (Phi) is 3.03. The minimum atomic E-state index is -1.59. The maximum Gasteiger partial charge on any atom is 0.324 e. The van der Waals surface area contributed by atoms with E-state index in [0.717, 1.165) is 31.8 Å². The lowest BCUT2D eigenvalue weighted by molar-refractivity contribution is -0.233. The fraction of sp³-hybridized carbons (Fsp3) is 0.667. The summed E-state index contributed by atoms with van der Waals surface area (Å²) in [5, 5.41) is 0. The molecule has 5 nitrogen and oxygen atoms in total. The Morgan fingerprint density at radius 1 is 1.24 bits per heavy atom. The van der Waals surface area contributed by atoms with Crippen LogP contribution in [0.25, 0.3) is 0 Å². The average Bonchev–Trinajstić information content (AvgIpc) is 2.69. The van der Waals surface area contributed by atoms with Crippen molar-refractivity contribution < 1.29 is 23.9 Å². The molecule has 1 saturated heterocycles. The second-order valence-corrected chi connectivity index (χ2v) is 4.64. The predicted molar refractivity (Wildman–Crippen MR) is 56.3 cm³/mol. The summed E-state index contributed by atoms with van der Waals surface area (Å²) in [7, 11) is 0. The molecule has 0 aromatic rings. The molecule has 0 spiro atoms. The molecule has 2 fully saturated rings. The molecule has 1 aliphatic carbocycles. The summed E-state index contributed by atoms with van der Waals surface area (Å²) >= 11 is 0. The number of esters is 2. The van der Waals surface area contributed by atoms with Gasteiger partial charge in [-0.1, -0.05) is 12.8 Å². The molecular formula is C12H14O5. The van der Waals surface area contributed by atoms with Crippen LogP contribution in [0.1, 0.15) is 32.6 Å². The predicted octanol–water partition coefficient (Wildman–Crippen LogP) is 0.997. The molecule has 0 aromatic carbocycles.